The highest BCUT2D eigenvalue weighted by molar-refractivity contribution is 5.18. The van der Waals surface area contributed by atoms with Crippen molar-refractivity contribution in [2.75, 3.05) is 13.1 Å². The number of nitrogens with one attached hydrogen (secondary N) is 1. The lowest BCUT2D eigenvalue weighted by atomic mass is 9.89. The smallest absolute Gasteiger partial charge is 0.126 e. The molecule has 0 fully saturated rings. The number of benzene rings is 1. The molecular weight excluding hydrogens is 225 g/mol. The molecular formula is C16H26FN. The van der Waals surface area contributed by atoms with Gasteiger partial charge in [-0.25, -0.2) is 4.39 Å². The van der Waals surface area contributed by atoms with E-state index in [-0.39, 0.29) is 5.82 Å². The van der Waals surface area contributed by atoms with Crippen LogP contribution in [0.25, 0.3) is 0 Å². The van der Waals surface area contributed by atoms with Gasteiger partial charge in [0.05, 0.1) is 0 Å². The third-order valence-electron chi connectivity index (χ3n) is 3.34. The summed E-state index contributed by atoms with van der Waals surface area (Å²) in [7, 11) is 0. The van der Waals surface area contributed by atoms with Crippen LogP contribution in [-0.2, 0) is 6.42 Å². The van der Waals surface area contributed by atoms with Crippen molar-refractivity contribution < 1.29 is 4.39 Å². The predicted octanol–water partition coefficient (Wildman–Crippen LogP) is 3.89. The molecule has 1 nitrogen and oxygen atoms in total. The lowest BCUT2D eigenvalue weighted by Gasteiger charge is -2.22. The van der Waals surface area contributed by atoms with Crippen LogP contribution in [0.2, 0.25) is 0 Å². The number of hydrogen-bond acceptors (Lipinski definition) is 1. The van der Waals surface area contributed by atoms with Crippen LogP contribution in [-0.4, -0.2) is 13.1 Å². The van der Waals surface area contributed by atoms with E-state index in [1.165, 1.54) is 0 Å². The molecule has 1 aromatic rings. The normalized spacial score (nSPS) is 13.3. The lowest BCUT2D eigenvalue weighted by molar-refractivity contribution is 0.349. The van der Waals surface area contributed by atoms with Gasteiger partial charge in [0.25, 0.3) is 0 Å². The van der Waals surface area contributed by atoms with Crippen LogP contribution < -0.4 is 5.32 Å². The first-order chi connectivity index (χ1) is 8.50. The van der Waals surface area contributed by atoms with Gasteiger partial charge in [0.2, 0.25) is 0 Å². The molecule has 1 aromatic carbocycles. The average molecular weight is 251 g/mol. The molecule has 18 heavy (non-hydrogen) atoms. The van der Waals surface area contributed by atoms with Gasteiger partial charge in [0, 0.05) is 0 Å². The largest absolute Gasteiger partial charge is 0.316 e. The molecule has 1 unspecified atom stereocenters. The lowest BCUT2D eigenvalue weighted by Crippen LogP contribution is -2.30. The van der Waals surface area contributed by atoms with Crippen LogP contribution in [0.3, 0.4) is 0 Å². The minimum absolute atomic E-state index is 0.0768. The Labute approximate surface area is 111 Å². The standard InChI is InChI=1S/C16H26FN/c1-12(2)10-18-11-15(13(3)4)9-14-7-5-6-8-16(14)17/h5-8,12-13,15,18H,9-11H2,1-4H3. The first kappa shape index (κ1) is 15.2. The first-order valence-electron chi connectivity index (χ1n) is 6.94. The van der Waals surface area contributed by atoms with Crippen molar-refractivity contribution >= 4 is 0 Å². The van der Waals surface area contributed by atoms with E-state index in [1.54, 1.807) is 12.1 Å². The van der Waals surface area contributed by atoms with Crippen molar-refractivity contribution in [3.05, 3.63) is 35.6 Å². The van der Waals surface area contributed by atoms with Gasteiger partial charge in [0.15, 0.2) is 0 Å². The summed E-state index contributed by atoms with van der Waals surface area (Å²) in [5, 5.41) is 3.48. The Hall–Kier alpha value is -0.890. The van der Waals surface area contributed by atoms with Crippen molar-refractivity contribution in [2.45, 2.75) is 34.1 Å². The molecule has 0 aliphatic carbocycles. The minimum atomic E-state index is -0.0768. The third kappa shape index (κ3) is 5.18. The zero-order chi connectivity index (χ0) is 13.5. The highest BCUT2D eigenvalue weighted by Crippen LogP contribution is 2.18. The molecule has 0 bridgehead atoms. The average Bonchev–Trinajstić information content (AvgIpc) is 2.29. The van der Waals surface area contributed by atoms with Crippen molar-refractivity contribution in [1.29, 1.82) is 0 Å². The molecule has 0 spiro atoms. The fourth-order valence-electron chi connectivity index (χ4n) is 2.05. The van der Waals surface area contributed by atoms with E-state index in [9.17, 15) is 4.39 Å². The van der Waals surface area contributed by atoms with Gasteiger partial charge in [-0.15, -0.1) is 0 Å². The highest BCUT2D eigenvalue weighted by Gasteiger charge is 2.15. The monoisotopic (exact) mass is 251 g/mol. The molecule has 0 amide bonds. The van der Waals surface area contributed by atoms with Crippen molar-refractivity contribution in [1.82, 2.24) is 5.32 Å². The van der Waals surface area contributed by atoms with Crippen LogP contribution in [0.1, 0.15) is 33.3 Å². The Bertz CT molecular complexity index is 347. The van der Waals surface area contributed by atoms with Gasteiger partial charge >= 0.3 is 0 Å². The molecule has 0 heterocycles. The predicted molar refractivity (Wildman–Crippen MR) is 76.1 cm³/mol. The molecule has 0 saturated heterocycles. The van der Waals surface area contributed by atoms with E-state index < -0.39 is 0 Å². The summed E-state index contributed by atoms with van der Waals surface area (Å²) in [5.41, 5.74) is 0.836. The maximum atomic E-state index is 13.6. The number of halogens is 1. The third-order valence-corrected chi connectivity index (χ3v) is 3.34. The van der Waals surface area contributed by atoms with E-state index in [1.807, 2.05) is 12.1 Å². The second-order valence-corrected chi connectivity index (χ2v) is 5.85. The van der Waals surface area contributed by atoms with Gasteiger partial charge in [-0.1, -0.05) is 45.9 Å². The number of hydrogen-bond donors (Lipinski definition) is 1. The summed E-state index contributed by atoms with van der Waals surface area (Å²) in [6.07, 6.45) is 0.815. The summed E-state index contributed by atoms with van der Waals surface area (Å²) < 4.78 is 13.6. The molecule has 0 aliphatic rings. The van der Waals surface area contributed by atoms with Gasteiger partial charge in [-0.3, -0.25) is 0 Å². The fourth-order valence-corrected chi connectivity index (χ4v) is 2.05. The molecule has 1 N–H and O–H groups in total. The number of rotatable bonds is 7. The molecule has 0 saturated carbocycles. The van der Waals surface area contributed by atoms with E-state index >= 15 is 0 Å². The van der Waals surface area contributed by atoms with Crippen molar-refractivity contribution in [3.8, 4) is 0 Å². The second kappa shape index (κ2) is 7.52. The van der Waals surface area contributed by atoms with Crippen LogP contribution in [0.5, 0.6) is 0 Å². The summed E-state index contributed by atoms with van der Waals surface area (Å²) in [4.78, 5) is 0. The summed E-state index contributed by atoms with van der Waals surface area (Å²) in [6, 6.07) is 7.11. The van der Waals surface area contributed by atoms with Gasteiger partial charge in [-0.05, 0) is 48.9 Å². The SMILES string of the molecule is CC(C)CNCC(Cc1ccccc1F)C(C)C. The Morgan fingerprint density at radius 3 is 2.28 bits per heavy atom. The fraction of sp³-hybridized carbons (Fsp3) is 0.625. The Kier molecular flexibility index (Phi) is 6.34. The molecule has 1 atom stereocenters. The molecule has 2 heteroatoms. The molecule has 102 valence electrons. The molecule has 0 aliphatic heterocycles. The van der Waals surface area contributed by atoms with Crippen molar-refractivity contribution in [3.63, 3.8) is 0 Å². The van der Waals surface area contributed by atoms with Crippen LogP contribution in [0.4, 0.5) is 4.39 Å². The zero-order valence-corrected chi connectivity index (χ0v) is 12.0. The zero-order valence-electron chi connectivity index (χ0n) is 12.0. The molecule has 1 rings (SSSR count). The highest BCUT2D eigenvalue weighted by atomic mass is 19.1. The van der Waals surface area contributed by atoms with Crippen LogP contribution in [0.15, 0.2) is 24.3 Å². The minimum Gasteiger partial charge on any atom is -0.316 e. The second-order valence-electron chi connectivity index (χ2n) is 5.85. The Morgan fingerprint density at radius 2 is 1.72 bits per heavy atom. The summed E-state index contributed by atoms with van der Waals surface area (Å²) >= 11 is 0. The quantitative estimate of drug-likeness (QED) is 0.775. The van der Waals surface area contributed by atoms with Gasteiger partial charge < -0.3 is 5.32 Å². The van der Waals surface area contributed by atoms with Crippen molar-refractivity contribution in [2.24, 2.45) is 17.8 Å². The summed E-state index contributed by atoms with van der Waals surface area (Å²) in [5.74, 6) is 1.63. The van der Waals surface area contributed by atoms with Gasteiger partial charge in [-0.2, -0.15) is 0 Å². The van der Waals surface area contributed by atoms with E-state index in [4.69, 9.17) is 0 Å². The first-order valence-corrected chi connectivity index (χ1v) is 6.94. The van der Waals surface area contributed by atoms with Gasteiger partial charge in [0.1, 0.15) is 5.82 Å². The Balaban J connectivity index is 2.55. The maximum absolute atomic E-state index is 13.6. The molecule has 0 aromatic heterocycles. The van der Waals surface area contributed by atoms with E-state index in [2.05, 4.69) is 33.0 Å². The topological polar surface area (TPSA) is 12.0 Å². The van der Waals surface area contributed by atoms with E-state index in [0.29, 0.717) is 17.8 Å². The van der Waals surface area contributed by atoms with Crippen LogP contribution >= 0.6 is 0 Å². The molecule has 0 radical (unpaired) electrons. The Morgan fingerprint density at radius 1 is 1.06 bits per heavy atom. The van der Waals surface area contributed by atoms with Crippen LogP contribution in [0, 0.1) is 23.6 Å². The summed E-state index contributed by atoms with van der Waals surface area (Å²) in [6.45, 7) is 10.8. The van der Waals surface area contributed by atoms with E-state index in [0.717, 1.165) is 25.1 Å². The maximum Gasteiger partial charge on any atom is 0.126 e.